The van der Waals surface area contributed by atoms with Crippen LogP contribution in [0.5, 0.6) is 0 Å². The van der Waals surface area contributed by atoms with E-state index < -0.39 is 0 Å². The Bertz CT molecular complexity index is 79.3. The van der Waals surface area contributed by atoms with E-state index in [9.17, 15) is 5.11 Å². The SMILES string of the molecule is CC.CNCC1(O)CCC1. The van der Waals surface area contributed by atoms with Crippen LogP contribution in [-0.4, -0.2) is 24.3 Å². The maximum Gasteiger partial charge on any atom is 0.0771 e. The molecule has 0 bridgehead atoms. The minimum Gasteiger partial charge on any atom is -0.389 e. The molecule has 0 unspecified atom stereocenters. The van der Waals surface area contributed by atoms with Gasteiger partial charge in [-0.2, -0.15) is 0 Å². The van der Waals surface area contributed by atoms with Gasteiger partial charge in [0, 0.05) is 6.54 Å². The largest absolute Gasteiger partial charge is 0.389 e. The van der Waals surface area contributed by atoms with Crippen LogP contribution in [0.15, 0.2) is 0 Å². The van der Waals surface area contributed by atoms with Gasteiger partial charge in [-0.05, 0) is 26.3 Å². The molecular weight excluding hydrogens is 126 g/mol. The average molecular weight is 145 g/mol. The number of nitrogens with one attached hydrogen (secondary N) is 1. The molecule has 0 aromatic rings. The van der Waals surface area contributed by atoms with E-state index in [-0.39, 0.29) is 5.60 Å². The van der Waals surface area contributed by atoms with Crippen molar-refractivity contribution in [1.29, 1.82) is 0 Å². The number of aliphatic hydroxyl groups is 1. The van der Waals surface area contributed by atoms with Crippen molar-refractivity contribution >= 4 is 0 Å². The highest BCUT2D eigenvalue weighted by atomic mass is 16.3. The van der Waals surface area contributed by atoms with Crippen LogP contribution in [0.25, 0.3) is 0 Å². The average Bonchev–Trinajstić information content (AvgIpc) is 1.90. The van der Waals surface area contributed by atoms with Crippen LogP contribution in [0.3, 0.4) is 0 Å². The Labute approximate surface area is 63.6 Å². The highest BCUT2D eigenvalue weighted by molar-refractivity contribution is 4.88. The summed E-state index contributed by atoms with van der Waals surface area (Å²) in [5.74, 6) is 0. The summed E-state index contributed by atoms with van der Waals surface area (Å²) in [5, 5.41) is 12.3. The van der Waals surface area contributed by atoms with Gasteiger partial charge in [-0.15, -0.1) is 0 Å². The number of hydrogen-bond acceptors (Lipinski definition) is 2. The molecule has 0 aromatic heterocycles. The topological polar surface area (TPSA) is 32.3 Å². The van der Waals surface area contributed by atoms with Crippen molar-refractivity contribution in [3.63, 3.8) is 0 Å². The van der Waals surface area contributed by atoms with Crippen LogP contribution in [0.4, 0.5) is 0 Å². The molecule has 1 rings (SSSR count). The van der Waals surface area contributed by atoms with Crippen LogP contribution in [0.2, 0.25) is 0 Å². The van der Waals surface area contributed by atoms with Gasteiger partial charge >= 0.3 is 0 Å². The molecule has 1 saturated carbocycles. The summed E-state index contributed by atoms with van der Waals surface area (Å²) in [6, 6.07) is 0. The highest BCUT2D eigenvalue weighted by Crippen LogP contribution is 2.30. The Morgan fingerprint density at radius 1 is 1.40 bits per heavy atom. The fourth-order valence-electron chi connectivity index (χ4n) is 1.09. The van der Waals surface area contributed by atoms with Gasteiger partial charge in [0.1, 0.15) is 0 Å². The summed E-state index contributed by atoms with van der Waals surface area (Å²) in [6.45, 7) is 4.76. The predicted octanol–water partition coefficient (Wildman–Crippen LogP) is 1.15. The maximum atomic E-state index is 9.35. The Hall–Kier alpha value is -0.0800. The summed E-state index contributed by atoms with van der Waals surface area (Å²) in [5.41, 5.74) is -0.339. The Morgan fingerprint density at radius 3 is 2.00 bits per heavy atom. The van der Waals surface area contributed by atoms with Gasteiger partial charge < -0.3 is 10.4 Å². The van der Waals surface area contributed by atoms with Crippen molar-refractivity contribution < 1.29 is 5.11 Å². The van der Waals surface area contributed by atoms with E-state index in [1.165, 1.54) is 6.42 Å². The lowest BCUT2D eigenvalue weighted by molar-refractivity contribution is -0.0297. The monoisotopic (exact) mass is 145 g/mol. The predicted molar refractivity (Wildman–Crippen MR) is 44.1 cm³/mol. The van der Waals surface area contributed by atoms with E-state index in [1.807, 2.05) is 20.9 Å². The van der Waals surface area contributed by atoms with E-state index in [1.54, 1.807) is 0 Å². The molecule has 0 atom stereocenters. The molecule has 2 nitrogen and oxygen atoms in total. The van der Waals surface area contributed by atoms with Gasteiger partial charge in [-0.1, -0.05) is 13.8 Å². The fraction of sp³-hybridized carbons (Fsp3) is 1.00. The molecule has 0 amide bonds. The summed E-state index contributed by atoms with van der Waals surface area (Å²) in [7, 11) is 1.87. The molecule has 2 heteroatoms. The Kier molecular flexibility index (Phi) is 4.65. The third-order valence-corrected chi connectivity index (χ3v) is 1.79. The van der Waals surface area contributed by atoms with Crippen molar-refractivity contribution in [2.24, 2.45) is 0 Å². The van der Waals surface area contributed by atoms with Gasteiger partial charge in [0.25, 0.3) is 0 Å². The van der Waals surface area contributed by atoms with Gasteiger partial charge in [-0.3, -0.25) is 0 Å². The van der Waals surface area contributed by atoms with Crippen molar-refractivity contribution in [2.45, 2.75) is 38.7 Å². The molecule has 1 fully saturated rings. The molecule has 0 aliphatic heterocycles. The number of likely N-dealkylation sites (N-methyl/N-ethyl adjacent to an activating group) is 1. The first-order valence-electron chi connectivity index (χ1n) is 4.14. The second-order valence-electron chi connectivity index (χ2n) is 2.61. The molecule has 0 spiro atoms. The molecule has 10 heavy (non-hydrogen) atoms. The molecule has 0 saturated heterocycles. The van der Waals surface area contributed by atoms with Gasteiger partial charge in [0.05, 0.1) is 5.60 Å². The maximum absolute atomic E-state index is 9.35. The van der Waals surface area contributed by atoms with Crippen LogP contribution in [-0.2, 0) is 0 Å². The fourth-order valence-corrected chi connectivity index (χ4v) is 1.09. The highest BCUT2D eigenvalue weighted by Gasteiger charge is 2.32. The summed E-state index contributed by atoms with van der Waals surface area (Å²) >= 11 is 0. The first-order chi connectivity index (χ1) is 4.77. The summed E-state index contributed by atoms with van der Waals surface area (Å²) in [6.07, 6.45) is 3.15. The lowest BCUT2D eigenvalue weighted by atomic mass is 9.80. The lowest BCUT2D eigenvalue weighted by Crippen LogP contribution is -2.45. The molecule has 0 aromatic carbocycles. The van der Waals surface area contributed by atoms with E-state index in [0.29, 0.717) is 0 Å². The summed E-state index contributed by atoms with van der Waals surface area (Å²) < 4.78 is 0. The first kappa shape index (κ1) is 9.92. The van der Waals surface area contributed by atoms with Gasteiger partial charge in [0.2, 0.25) is 0 Å². The quantitative estimate of drug-likeness (QED) is 0.611. The molecule has 1 aliphatic rings. The smallest absolute Gasteiger partial charge is 0.0771 e. The standard InChI is InChI=1S/C6H13NO.C2H6/c1-7-5-6(8)3-2-4-6;1-2/h7-8H,2-5H2,1H3;1-2H3. The van der Waals surface area contributed by atoms with Crippen molar-refractivity contribution in [3.05, 3.63) is 0 Å². The van der Waals surface area contributed by atoms with E-state index in [0.717, 1.165) is 19.4 Å². The third-order valence-electron chi connectivity index (χ3n) is 1.79. The number of rotatable bonds is 2. The Balaban J connectivity index is 0.000000371. The van der Waals surface area contributed by atoms with Crippen LogP contribution < -0.4 is 5.32 Å². The van der Waals surface area contributed by atoms with Crippen LogP contribution in [0, 0.1) is 0 Å². The zero-order valence-corrected chi connectivity index (χ0v) is 7.28. The van der Waals surface area contributed by atoms with E-state index in [2.05, 4.69) is 5.32 Å². The molecule has 2 N–H and O–H groups in total. The van der Waals surface area contributed by atoms with E-state index in [4.69, 9.17) is 0 Å². The number of hydrogen-bond donors (Lipinski definition) is 2. The first-order valence-corrected chi connectivity index (χ1v) is 4.14. The molecule has 0 radical (unpaired) electrons. The Morgan fingerprint density at radius 2 is 1.90 bits per heavy atom. The second-order valence-corrected chi connectivity index (χ2v) is 2.61. The second kappa shape index (κ2) is 4.69. The molecule has 0 heterocycles. The normalized spacial score (nSPS) is 20.4. The summed E-state index contributed by atoms with van der Waals surface area (Å²) in [4.78, 5) is 0. The third kappa shape index (κ3) is 2.67. The minimum atomic E-state index is -0.339. The van der Waals surface area contributed by atoms with E-state index >= 15 is 0 Å². The van der Waals surface area contributed by atoms with Gasteiger partial charge in [0.15, 0.2) is 0 Å². The van der Waals surface area contributed by atoms with Crippen LogP contribution >= 0.6 is 0 Å². The minimum absolute atomic E-state index is 0.339. The lowest BCUT2D eigenvalue weighted by Gasteiger charge is -2.36. The zero-order valence-electron chi connectivity index (χ0n) is 7.28. The zero-order chi connectivity index (χ0) is 8.04. The van der Waals surface area contributed by atoms with Crippen molar-refractivity contribution in [2.75, 3.05) is 13.6 Å². The molecule has 62 valence electrons. The van der Waals surface area contributed by atoms with Crippen molar-refractivity contribution in [1.82, 2.24) is 5.32 Å². The molecular formula is C8H19NO. The van der Waals surface area contributed by atoms with Crippen molar-refractivity contribution in [3.8, 4) is 0 Å². The van der Waals surface area contributed by atoms with Crippen LogP contribution in [0.1, 0.15) is 33.1 Å². The molecule has 1 aliphatic carbocycles. The van der Waals surface area contributed by atoms with Gasteiger partial charge in [-0.25, -0.2) is 0 Å².